The molecule has 4 nitrogen and oxygen atoms in total. The Morgan fingerprint density at radius 1 is 1.40 bits per heavy atom. The van der Waals surface area contributed by atoms with E-state index in [2.05, 4.69) is 16.8 Å². The normalized spacial score (nSPS) is 17.6. The highest BCUT2D eigenvalue weighted by molar-refractivity contribution is 7.10. The van der Waals surface area contributed by atoms with E-state index >= 15 is 0 Å². The smallest absolute Gasteiger partial charge is 0.310 e. The Hall–Kier alpha value is -1.59. The monoisotopic (exact) mass is 308 g/mol. The number of anilines is 1. The first-order valence-corrected chi connectivity index (χ1v) is 7.68. The Morgan fingerprint density at radius 3 is 3.05 bits per heavy atom. The van der Waals surface area contributed by atoms with Gasteiger partial charge in [0.2, 0.25) is 0 Å². The predicted octanol–water partition coefficient (Wildman–Crippen LogP) is 4.80. The molecule has 1 aliphatic rings. The van der Waals surface area contributed by atoms with Crippen LogP contribution in [0.1, 0.15) is 29.3 Å². The van der Waals surface area contributed by atoms with Crippen LogP contribution in [0.4, 0.5) is 11.4 Å². The van der Waals surface area contributed by atoms with Crippen molar-refractivity contribution in [2.75, 3.05) is 5.32 Å². The largest absolute Gasteiger partial charge is 0.373 e. The van der Waals surface area contributed by atoms with E-state index in [0.717, 1.165) is 19.3 Å². The van der Waals surface area contributed by atoms with E-state index in [1.807, 2.05) is 0 Å². The van der Waals surface area contributed by atoms with Crippen LogP contribution in [0, 0.1) is 10.1 Å². The predicted molar refractivity (Wildman–Crippen MR) is 81.7 cm³/mol. The number of nitrogens with one attached hydrogen (secondary N) is 1. The minimum atomic E-state index is -0.429. The summed E-state index contributed by atoms with van der Waals surface area (Å²) in [5.74, 6) is 0. The zero-order valence-electron chi connectivity index (χ0n) is 10.6. The minimum Gasteiger partial charge on any atom is -0.373 e. The van der Waals surface area contributed by atoms with E-state index in [9.17, 15) is 10.1 Å². The molecule has 0 amide bonds. The fraction of sp³-hybridized carbons (Fsp3) is 0.286. The van der Waals surface area contributed by atoms with Crippen molar-refractivity contribution in [3.8, 4) is 0 Å². The van der Waals surface area contributed by atoms with Crippen molar-refractivity contribution >= 4 is 34.3 Å². The molecule has 0 fully saturated rings. The molecule has 0 radical (unpaired) electrons. The van der Waals surface area contributed by atoms with Crippen LogP contribution in [0.2, 0.25) is 5.02 Å². The van der Waals surface area contributed by atoms with Crippen molar-refractivity contribution in [1.82, 2.24) is 0 Å². The summed E-state index contributed by atoms with van der Waals surface area (Å²) in [6, 6.07) is 7.22. The number of halogens is 1. The second kappa shape index (κ2) is 5.42. The van der Waals surface area contributed by atoms with E-state index in [1.165, 1.54) is 10.4 Å². The lowest BCUT2D eigenvalue weighted by atomic mass is 9.94. The van der Waals surface area contributed by atoms with E-state index < -0.39 is 4.92 Å². The molecular formula is C14H13ClN2O2S. The zero-order chi connectivity index (χ0) is 14.1. The molecule has 1 N–H and O–H groups in total. The highest BCUT2D eigenvalue weighted by atomic mass is 35.5. The molecule has 1 aliphatic carbocycles. The minimum absolute atomic E-state index is 0.0449. The van der Waals surface area contributed by atoms with E-state index in [1.54, 1.807) is 29.5 Å². The van der Waals surface area contributed by atoms with Crippen LogP contribution in [-0.2, 0) is 6.42 Å². The Labute approximate surface area is 125 Å². The third-order valence-electron chi connectivity index (χ3n) is 3.55. The van der Waals surface area contributed by atoms with Gasteiger partial charge in [-0.3, -0.25) is 10.1 Å². The van der Waals surface area contributed by atoms with Crippen LogP contribution in [0.25, 0.3) is 0 Å². The summed E-state index contributed by atoms with van der Waals surface area (Å²) in [5, 5.41) is 16.7. The maximum Gasteiger partial charge on any atom is 0.310 e. The van der Waals surface area contributed by atoms with Crippen LogP contribution in [0.3, 0.4) is 0 Å². The molecule has 104 valence electrons. The molecule has 1 aromatic heterocycles. The van der Waals surface area contributed by atoms with Gasteiger partial charge in [0, 0.05) is 4.88 Å². The van der Waals surface area contributed by atoms with E-state index in [4.69, 9.17) is 11.6 Å². The van der Waals surface area contributed by atoms with Gasteiger partial charge in [-0.2, -0.15) is 0 Å². The molecule has 0 saturated heterocycles. The summed E-state index contributed by atoms with van der Waals surface area (Å²) in [4.78, 5) is 12.1. The van der Waals surface area contributed by atoms with Gasteiger partial charge in [0.15, 0.2) is 0 Å². The van der Waals surface area contributed by atoms with Crippen LogP contribution in [0.5, 0.6) is 0 Å². The fourth-order valence-corrected chi connectivity index (χ4v) is 3.87. The Bertz CT molecular complexity index is 656. The maximum absolute atomic E-state index is 11.2. The molecule has 0 aliphatic heterocycles. The van der Waals surface area contributed by atoms with E-state index in [0.29, 0.717) is 5.69 Å². The molecule has 1 aromatic carbocycles. The fourth-order valence-electron chi connectivity index (χ4n) is 2.64. The van der Waals surface area contributed by atoms with Gasteiger partial charge in [-0.25, -0.2) is 0 Å². The number of hydrogen-bond acceptors (Lipinski definition) is 4. The summed E-state index contributed by atoms with van der Waals surface area (Å²) in [6.07, 6.45) is 3.18. The Morgan fingerprint density at radius 2 is 2.25 bits per heavy atom. The summed E-state index contributed by atoms with van der Waals surface area (Å²) in [5.41, 5.74) is 1.71. The van der Waals surface area contributed by atoms with Gasteiger partial charge in [0.25, 0.3) is 0 Å². The summed E-state index contributed by atoms with van der Waals surface area (Å²) >= 11 is 7.69. The number of rotatable bonds is 3. The van der Waals surface area contributed by atoms with Crippen molar-refractivity contribution in [2.24, 2.45) is 0 Å². The van der Waals surface area contributed by atoms with Gasteiger partial charge in [-0.15, -0.1) is 11.3 Å². The number of para-hydroxylation sites is 1. The average molecular weight is 309 g/mol. The second-order valence-electron chi connectivity index (χ2n) is 4.78. The number of fused-ring (bicyclic) bond motifs is 1. The van der Waals surface area contributed by atoms with Crippen molar-refractivity contribution in [3.63, 3.8) is 0 Å². The Balaban J connectivity index is 1.94. The highest BCUT2D eigenvalue weighted by Gasteiger charge is 2.25. The van der Waals surface area contributed by atoms with Gasteiger partial charge in [-0.1, -0.05) is 17.7 Å². The number of thiophene rings is 1. The van der Waals surface area contributed by atoms with Crippen LogP contribution >= 0.6 is 22.9 Å². The second-order valence-corrected chi connectivity index (χ2v) is 6.19. The lowest BCUT2D eigenvalue weighted by Crippen LogP contribution is -2.16. The maximum atomic E-state index is 11.2. The molecule has 3 rings (SSSR count). The lowest BCUT2D eigenvalue weighted by Gasteiger charge is -2.24. The highest BCUT2D eigenvalue weighted by Crippen LogP contribution is 2.39. The first-order chi connectivity index (χ1) is 9.66. The molecule has 0 spiro atoms. The Kier molecular flexibility index (Phi) is 3.63. The number of nitro benzene ring substituents is 1. The topological polar surface area (TPSA) is 55.2 Å². The molecule has 1 atom stereocenters. The van der Waals surface area contributed by atoms with Gasteiger partial charge in [0.05, 0.1) is 11.0 Å². The van der Waals surface area contributed by atoms with Gasteiger partial charge in [-0.05, 0) is 48.4 Å². The summed E-state index contributed by atoms with van der Waals surface area (Å²) < 4.78 is 0. The number of nitrogens with zero attached hydrogens (tertiary/aromatic N) is 1. The van der Waals surface area contributed by atoms with Crippen LogP contribution in [-0.4, -0.2) is 4.92 Å². The molecule has 1 heterocycles. The van der Waals surface area contributed by atoms with Crippen LogP contribution in [0.15, 0.2) is 29.6 Å². The molecule has 20 heavy (non-hydrogen) atoms. The van der Waals surface area contributed by atoms with Crippen molar-refractivity contribution in [3.05, 3.63) is 55.2 Å². The number of benzene rings is 1. The average Bonchev–Trinajstić information content (AvgIpc) is 2.87. The third-order valence-corrected chi connectivity index (χ3v) is 4.85. The first-order valence-electron chi connectivity index (χ1n) is 6.42. The summed E-state index contributed by atoms with van der Waals surface area (Å²) in [6.45, 7) is 0. The molecule has 2 aromatic rings. The first kappa shape index (κ1) is 13.4. The molecule has 6 heteroatoms. The zero-order valence-corrected chi connectivity index (χ0v) is 12.2. The number of hydrogen-bond donors (Lipinski definition) is 1. The van der Waals surface area contributed by atoms with Crippen molar-refractivity contribution in [1.29, 1.82) is 0 Å². The molecule has 0 bridgehead atoms. The molecule has 0 saturated carbocycles. The van der Waals surface area contributed by atoms with Crippen molar-refractivity contribution in [2.45, 2.75) is 25.3 Å². The SMILES string of the molecule is O=[N+]([O-])c1c(Cl)cccc1NC1CCCc2sccc21. The van der Waals surface area contributed by atoms with Crippen LogP contribution < -0.4 is 5.32 Å². The van der Waals surface area contributed by atoms with Gasteiger partial charge in [0.1, 0.15) is 10.7 Å². The quantitative estimate of drug-likeness (QED) is 0.654. The van der Waals surface area contributed by atoms with Gasteiger partial charge < -0.3 is 5.32 Å². The number of nitro groups is 1. The lowest BCUT2D eigenvalue weighted by molar-refractivity contribution is -0.383. The van der Waals surface area contributed by atoms with Crippen molar-refractivity contribution < 1.29 is 4.92 Å². The molecular weight excluding hydrogens is 296 g/mol. The van der Waals surface area contributed by atoms with Gasteiger partial charge >= 0.3 is 5.69 Å². The summed E-state index contributed by atoms with van der Waals surface area (Å²) in [7, 11) is 0. The third kappa shape index (κ3) is 2.39. The molecule has 1 unspecified atom stereocenters. The standard InChI is InChI=1S/C14H13ClN2O2S/c15-10-3-1-5-12(14(10)17(18)19)16-11-4-2-6-13-9(11)7-8-20-13/h1,3,5,7-8,11,16H,2,4,6H2. The number of aryl methyl sites for hydroxylation is 1. The van der Waals surface area contributed by atoms with E-state index in [-0.39, 0.29) is 16.8 Å².